The monoisotopic (exact) mass is 377 g/mol. The average Bonchev–Trinajstić information content (AvgIpc) is 3.16. The van der Waals surface area contributed by atoms with E-state index in [-0.39, 0.29) is 5.91 Å². The molecule has 146 valence electrons. The molecule has 3 aromatic rings. The number of aryl methyl sites for hydroxylation is 2. The molecule has 5 nitrogen and oxygen atoms in total. The van der Waals surface area contributed by atoms with Crippen molar-refractivity contribution < 1.29 is 9.21 Å². The molecular weight excluding hydrogens is 350 g/mol. The Labute approximate surface area is 165 Å². The number of carbonyl (C=O) groups is 1. The Hall–Kier alpha value is -2.66. The maximum atomic E-state index is 12.5. The number of hydrogen-bond donors (Lipinski definition) is 1. The van der Waals surface area contributed by atoms with Gasteiger partial charge in [0.05, 0.1) is 0 Å². The summed E-state index contributed by atoms with van der Waals surface area (Å²) in [5.74, 6) is 0.655. The van der Waals surface area contributed by atoms with Crippen LogP contribution in [0, 0.1) is 0 Å². The molecule has 0 aliphatic carbocycles. The van der Waals surface area contributed by atoms with Gasteiger partial charge < -0.3 is 14.6 Å². The van der Waals surface area contributed by atoms with Gasteiger partial charge in [0.25, 0.3) is 5.91 Å². The van der Waals surface area contributed by atoms with Crippen molar-refractivity contribution in [1.82, 2.24) is 15.2 Å². The number of nitrogens with zero attached hydrogens (tertiary/aromatic N) is 2. The number of fused-ring (bicyclic) bond motifs is 1. The number of piperidine rings is 1. The molecule has 0 saturated carbocycles. The topological polar surface area (TPSA) is 58.4 Å². The van der Waals surface area contributed by atoms with Gasteiger partial charge in [-0.05, 0) is 56.1 Å². The smallest absolute Gasteiger partial charge is 0.251 e. The lowest BCUT2D eigenvalue weighted by molar-refractivity contribution is 0.0946. The van der Waals surface area contributed by atoms with Crippen LogP contribution in [0.25, 0.3) is 11.1 Å². The average molecular weight is 377 g/mol. The van der Waals surface area contributed by atoms with Crippen LogP contribution in [0.3, 0.4) is 0 Å². The van der Waals surface area contributed by atoms with E-state index in [1.54, 1.807) is 6.07 Å². The zero-order chi connectivity index (χ0) is 19.2. The van der Waals surface area contributed by atoms with Crippen LogP contribution in [0.5, 0.6) is 0 Å². The summed E-state index contributed by atoms with van der Waals surface area (Å²) in [7, 11) is 0. The van der Waals surface area contributed by atoms with Crippen molar-refractivity contribution in [3.8, 4) is 0 Å². The molecule has 1 aliphatic rings. The minimum atomic E-state index is -0.0545. The van der Waals surface area contributed by atoms with Gasteiger partial charge in [0.1, 0.15) is 5.52 Å². The third-order valence-corrected chi connectivity index (χ3v) is 5.33. The van der Waals surface area contributed by atoms with Gasteiger partial charge in [-0.15, -0.1) is 0 Å². The first-order chi connectivity index (χ1) is 13.8. The summed E-state index contributed by atoms with van der Waals surface area (Å²) in [5, 5.41) is 3.02. The molecule has 1 N–H and O–H groups in total. The van der Waals surface area contributed by atoms with E-state index >= 15 is 0 Å². The Morgan fingerprint density at radius 2 is 1.86 bits per heavy atom. The fourth-order valence-electron chi connectivity index (χ4n) is 3.73. The standard InChI is InChI=1S/C23H27N3O2/c27-23(24-13-16-26-14-5-2-6-15-26)19-10-11-20-21(17-19)28-22(25-20)12-9-18-7-3-1-4-8-18/h1,3-4,7-8,10-11,17H,2,5-6,9,12-16H2,(H,24,27). The molecule has 2 aromatic carbocycles. The second-order valence-electron chi connectivity index (χ2n) is 7.43. The van der Waals surface area contributed by atoms with Gasteiger partial charge >= 0.3 is 0 Å². The summed E-state index contributed by atoms with van der Waals surface area (Å²) in [4.78, 5) is 19.4. The van der Waals surface area contributed by atoms with Gasteiger partial charge in [0.2, 0.25) is 0 Å². The van der Waals surface area contributed by atoms with Gasteiger partial charge in [0, 0.05) is 25.1 Å². The Bertz CT molecular complexity index is 914. The van der Waals surface area contributed by atoms with Crippen molar-refractivity contribution in [2.45, 2.75) is 32.1 Å². The number of carbonyl (C=O) groups excluding carboxylic acids is 1. The molecule has 1 fully saturated rings. The van der Waals surface area contributed by atoms with Crippen LogP contribution in [0.1, 0.15) is 41.1 Å². The highest BCUT2D eigenvalue weighted by atomic mass is 16.3. The minimum absolute atomic E-state index is 0.0545. The zero-order valence-electron chi connectivity index (χ0n) is 16.2. The fourth-order valence-corrected chi connectivity index (χ4v) is 3.73. The lowest BCUT2D eigenvalue weighted by Crippen LogP contribution is -2.37. The summed E-state index contributed by atoms with van der Waals surface area (Å²) < 4.78 is 5.88. The van der Waals surface area contributed by atoms with Crippen LogP contribution in [-0.2, 0) is 12.8 Å². The van der Waals surface area contributed by atoms with E-state index in [9.17, 15) is 4.79 Å². The van der Waals surface area contributed by atoms with Crippen molar-refractivity contribution in [2.24, 2.45) is 0 Å². The number of benzene rings is 2. The van der Waals surface area contributed by atoms with Crippen LogP contribution in [0.4, 0.5) is 0 Å². The molecule has 4 rings (SSSR count). The normalized spacial score (nSPS) is 15.0. The summed E-state index contributed by atoms with van der Waals surface area (Å²) in [6, 6.07) is 15.8. The fraction of sp³-hybridized carbons (Fsp3) is 0.391. The molecule has 1 aromatic heterocycles. The molecular formula is C23H27N3O2. The largest absolute Gasteiger partial charge is 0.441 e. The van der Waals surface area contributed by atoms with Gasteiger partial charge in [-0.2, -0.15) is 0 Å². The van der Waals surface area contributed by atoms with E-state index in [0.29, 0.717) is 23.6 Å². The highest BCUT2D eigenvalue weighted by molar-refractivity contribution is 5.97. The molecule has 0 unspecified atom stereocenters. The summed E-state index contributed by atoms with van der Waals surface area (Å²) in [6.07, 6.45) is 5.49. The molecule has 5 heteroatoms. The predicted molar refractivity (Wildman–Crippen MR) is 110 cm³/mol. The summed E-state index contributed by atoms with van der Waals surface area (Å²) in [6.45, 7) is 3.88. The van der Waals surface area contributed by atoms with E-state index < -0.39 is 0 Å². The molecule has 0 spiro atoms. The van der Waals surface area contributed by atoms with Crippen molar-refractivity contribution >= 4 is 17.0 Å². The Morgan fingerprint density at radius 3 is 2.68 bits per heavy atom. The maximum Gasteiger partial charge on any atom is 0.251 e. The van der Waals surface area contributed by atoms with Crippen molar-refractivity contribution in [3.05, 3.63) is 65.5 Å². The van der Waals surface area contributed by atoms with E-state index in [2.05, 4.69) is 27.3 Å². The molecule has 0 radical (unpaired) electrons. The van der Waals surface area contributed by atoms with Crippen LogP contribution in [-0.4, -0.2) is 42.0 Å². The lowest BCUT2D eigenvalue weighted by atomic mass is 10.1. The highest BCUT2D eigenvalue weighted by Gasteiger charge is 2.13. The van der Waals surface area contributed by atoms with E-state index in [1.807, 2.05) is 30.3 Å². The van der Waals surface area contributed by atoms with Crippen LogP contribution in [0.2, 0.25) is 0 Å². The molecule has 0 atom stereocenters. The van der Waals surface area contributed by atoms with Crippen molar-refractivity contribution in [1.29, 1.82) is 0 Å². The Morgan fingerprint density at radius 1 is 1.04 bits per heavy atom. The lowest BCUT2D eigenvalue weighted by Gasteiger charge is -2.26. The third kappa shape index (κ3) is 4.78. The van der Waals surface area contributed by atoms with E-state index in [1.165, 1.54) is 24.8 Å². The number of aromatic nitrogens is 1. The first-order valence-electron chi connectivity index (χ1n) is 10.2. The van der Waals surface area contributed by atoms with Gasteiger partial charge in [-0.3, -0.25) is 4.79 Å². The van der Waals surface area contributed by atoms with Gasteiger partial charge in [0.15, 0.2) is 11.5 Å². The molecule has 1 aliphatic heterocycles. The highest BCUT2D eigenvalue weighted by Crippen LogP contribution is 2.19. The van der Waals surface area contributed by atoms with Crippen molar-refractivity contribution in [2.75, 3.05) is 26.2 Å². The third-order valence-electron chi connectivity index (χ3n) is 5.33. The first-order valence-corrected chi connectivity index (χ1v) is 10.2. The summed E-state index contributed by atoms with van der Waals surface area (Å²) >= 11 is 0. The maximum absolute atomic E-state index is 12.5. The molecule has 28 heavy (non-hydrogen) atoms. The number of amides is 1. The zero-order valence-corrected chi connectivity index (χ0v) is 16.2. The van der Waals surface area contributed by atoms with Crippen LogP contribution in [0.15, 0.2) is 52.9 Å². The van der Waals surface area contributed by atoms with Crippen LogP contribution < -0.4 is 5.32 Å². The molecule has 1 amide bonds. The molecule has 0 bridgehead atoms. The minimum Gasteiger partial charge on any atom is -0.441 e. The number of oxazole rings is 1. The van der Waals surface area contributed by atoms with E-state index in [4.69, 9.17) is 4.42 Å². The number of likely N-dealkylation sites (tertiary alicyclic amines) is 1. The van der Waals surface area contributed by atoms with Gasteiger partial charge in [-0.25, -0.2) is 4.98 Å². The second-order valence-corrected chi connectivity index (χ2v) is 7.43. The first kappa shape index (κ1) is 18.7. The summed E-state index contributed by atoms with van der Waals surface area (Å²) in [5.41, 5.74) is 3.36. The van der Waals surface area contributed by atoms with Gasteiger partial charge in [-0.1, -0.05) is 36.8 Å². The quantitative estimate of drug-likeness (QED) is 0.680. The SMILES string of the molecule is O=C(NCCN1CCCCC1)c1ccc2nc(CCc3ccccc3)oc2c1. The van der Waals surface area contributed by atoms with Crippen LogP contribution >= 0.6 is 0 Å². The van der Waals surface area contributed by atoms with E-state index in [0.717, 1.165) is 38.0 Å². The Kier molecular flexibility index (Phi) is 6.02. The number of nitrogens with one attached hydrogen (secondary N) is 1. The predicted octanol–water partition coefficient (Wildman–Crippen LogP) is 3.83. The Balaban J connectivity index is 1.33. The number of hydrogen-bond acceptors (Lipinski definition) is 4. The molecule has 2 heterocycles. The molecule has 1 saturated heterocycles. The number of rotatable bonds is 7. The van der Waals surface area contributed by atoms with Crippen molar-refractivity contribution in [3.63, 3.8) is 0 Å². The second kappa shape index (κ2) is 9.02.